The molecule has 0 aromatic heterocycles. The Kier molecular flexibility index (Phi) is 8.46. The number of carbonyl (C=O) groups excluding carboxylic acids is 4. The number of nitrogens with one attached hydrogen (secondary N) is 1. The van der Waals surface area contributed by atoms with Crippen LogP contribution in [0.5, 0.6) is 0 Å². The van der Waals surface area contributed by atoms with Crippen LogP contribution in [0.3, 0.4) is 0 Å². The molecule has 0 spiro atoms. The van der Waals surface area contributed by atoms with Crippen molar-refractivity contribution < 1.29 is 23.9 Å². The van der Waals surface area contributed by atoms with Gasteiger partial charge in [0.1, 0.15) is 10.7 Å². The Hall–Kier alpha value is -4.43. The van der Waals surface area contributed by atoms with Crippen molar-refractivity contribution in [3.8, 4) is 0 Å². The molecule has 0 saturated heterocycles. The molecule has 200 valence electrons. The maximum absolute atomic E-state index is 13.3. The first kappa shape index (κ1) is 27.6. The molecule has 1 aliphatic rings. The molecule has 0 radical (unpaired) electrons. The van der Waals surface area contributed by atoms with Crippen molar-refractivity contribution >= 4 is 52.4 Å². The van der Waals surface area contributed by atoms with Gasteiger partial charge in [-0.05, 0) is 74.4 Å². The minimum atomic E-state index is -0.761. The van der Waals surface area contributed by atoms with Gasteiger partial charge in [-0.3, -0.25) is 14.4 Å². The summed E-state index contributed by atoms with van der Waals surface area (Å²) in [7, 11) is 0. The zero-order valence-corrected chi connectivity index (χ0v) is 22.6. The molecule has 1 N–H and O–H groups in total. The molecule has 0 aliphatic carbocycles. The Morgan fingerprint density at radius 2 is 1.67 bits per heavy atom. The fourth-order valence-electron chi connectivity index (χ4n) is 4.18. The van der Waals surface area contributed by atoms with E-state index < -0.39 is 17.8 Å². The minimum absolute atomic E-state index is 0.0790. The fraction of sp³-hybridized carbons (Fsp3) is 0.200. The predicted octanol–water partition coefficient (Wildman–Crippen LogP) is 5.66. The fourth-order valence-corrected chi connectivity index (χ4v) is 4.39. The van der Waals surface area contributed by atoms with E-state index in [2.05, 4.69) is 5.32 Å². The van der Waals surface area contributed by atoms with E-state index in [1.807, 2.05) is 45.0 Å². The first-order valence-corrected chi connectivity index (χ1v) is 12.9. The Balaban J connectivity index is 1.53. The van der Waals surface area contributed by atoms with E-state index in [0.29, 0.717) is 24.2 Å². The number of aryl methyl sites for hydroxylation is 1. The summed E-state index contributed by atoms with van der Waals surface area (Å²) in [4.78, 5) is 54.5. The van der Waals surface area contributed by atoms with E-state index in [1.54, 1.807) is 41.3 Å². The van der Waals surface area contributed by atoms with Crippen molar-refractivity contribution in [2.45, 2.75) is 27.2 Å². The van der Waals surface area contributed by atoms with Crippen LogP contribution in [0.15, 0.2) is 83.5 Å². The monoisotopic (exact) mass is 545 g/mol. The second-order valence-electron chi connectivity index (χ2n) is 8.88. The summed E-state index contributed by atoms with van der Waals surface area (Å²) in [5.41, 5.74) is 2.79. The summed E-state index contributed by atoms with van der Waals surface area (Å²) in [6.45, 7) is 6.43. The molecule has 1 heterocycles. The number of benzene rings is 3. The molecule has 4 rings (SSSR count). The number of rotatable bonds is 9. The second-order valence-corrected chi connectivity index (χ2v) is 9.26. The molecule has 0 saturated carbocycles. The first-order valence-electron chi connectivity index (χ1n) is 12.6. The SMILES string of the molecule is CCCOC(=O)c1ccccc1N1C(=O)C(Cl)=C(Nc2ccc(C(=O)N(CC)c3cccc(C)c3)cc2)C1=O. The number of hydrogen-bond donors (Lipinski definition) is 1. The third-order valence-corrected chi connectivity index (χ3v) is 6.46. The largest absolute Gasteiger partial charge is 0.462 e. The summed E-state index contributed by atoms with van der Waals surface area (Å²) < 4.78 is 5.21. The van der Waals surface area contributed by atoms with Gasteiger partial charge in [0.25, 0.3) is 17.7 Å². The average Bonchev–Trinajstić information content (AvgIpc) is 3.15. The van der Waals surface area contributed by atoms with Gasteiger partial charge in [-0.2, -0.15) is 0 Å². The van der Waals surface area contributed by atoms with Gasteiger partial charge >= 0.3 is 5.97 Å². The lowest BCUT2D eigenvalue weighted by molar-refractivity contribution is -0.120. The third-order valence-electron chi connectivity index (χ3n) is 6.11. The van der Waals surface area contributed by atoms with Gasteiger partial charge in [0.15, 0.2) is 0 Å². The van der Waals surface area contributed by atoms with Crippen LogP contribution >= 0.6 is 11.6 Å². The molecule has 0 atom stereocenters. The zero-order chi connectivity index (χ0) is 28.1. The smallest absolute Gasteiger partial charge is 0.340 e. The van der Waals surface area contributed by atoms with Crippen molar-refractivity contribution in [2.75, 3.05) is 28.3 Å². The number of halogens is 1. The van der Waals surface area contributed by atoms with E-state index in [0.717, 1.165) is 16.2 Å². The lowest BCUT2D eigenvalue weighted by Crippen LogP contribution is -2.33. The van der Waals surface area contributed by atoms with Gasteiger partial charge in [-0.15, -0.1) is 0 Å². The van der Waals surface area contributed by atoms with Crippen LogP contribution in [0.25, 0.3) is 0 Å². The van der Waals surface area contributed by atoms with E-state index in [4.69, 9.17) is 16.3 Å². The molecule has 3 aromatic rings. The number of ether oxygens (including phenoxy) is 1. The topological polar surface area (TPSA) is 96.0 Å². The van der Waals surface area contributed by atoms with Gasteiger partial charge in [-0.1, -0.05) is 42.8 Å². The summed E-state index contributed by atoms with van der Waals surface area (Å²) in [6.07, 6.45) is 0.629. The quantitative estimate of drug-likeness (QED) is 0.275. The normalized spacial score (nSPS) is 13.1. The van der Waals surface area contributed by atoms with Crippen LogP contribution in [0.4, 0.5) is 17.1 Å². The molecule has 0 unspecified atom stereocenters. The van der Waals surface area contributed by atoms with Crippen LogP contribution < -0.4 is 15.1 Å². The Morgan fingerprint density at radius 1 is 0.949 bits per heavy atom. The van der Waals surface area contributed by atoms with Gasteiger partial charge in [0.2, 0.25) is 0 Å². The number of amides is 3. The highest BCUT2D eigenvalue weighted by molar-refractivity contribution is 6.53. The number of anilines is 3. The highest BCUT2D eigenvalue weighted by Crippen LogP contribution is 2.32. The molecular formula is C30H28ClN3O5. The number of hydrogen-bond acceptors (Lipinski definition) is 6. The maximum Gasteiger partial charge on any atom is 0.340 e. The number of para-hydroxylation sites is 1. The van der Waals surface area contributed by atoms with Crippen LogP contribution in [0.2, 0.25) is 0 Å². The van der Waals surface area contributed by atoms with E-state index in [-0.39, 0.29) is 34.5 Å². The molecule has 8 nitrogen and oxygen atoms in total. The standard InChI is InChI=1S/C30H28ClN3O5/c1-4-17-39-30(38)23-11-6-7-12-24(23)34-28(36)25(31)26(29(34)37)32-21-15-13-20(14-16-21)27(35)33(5-2)22-10-8-9-19(3)18-22/h6-16,18,32H,4-5,17H2,1-3H3. The lowest BCUT2D eigenvalue weighted by Gasteiger charge is -2.22. The number of nitrogens with zero attached hydrogens (tertiary/aromatic N) is 2. The molecule has 3 aromatic carbocycles. The zero-order valence-electron chi connectivity index (χ0n) is 21.9. The molecule has 0 fully saturated rings. The highest BCUT2D eigenvalue weighted by Gasteiger charge is 2.40. The number of esters is 1. The Morgan fingerprint density at radius 3 is 2.33 bits per heavy atom. The summed E-state index contributed by atoms with van der Waals surface area (Å²) >= 11 is 6.28. The number of carbonyl (C=O) groups is 4. The Bertz CT molecular complexity index is 1470. The van der Waals surface area contributed by atoms with Crippen molar-refractivity contribution in [2.24, 2.45) is 0 Å². The van der Waals surface area contributed by atoms with Crippen LogP contribution in [-0.4, -0.2) is 36.8 Å². The summed E-state index contributed by atoms with van der Waals surface area (Å²) in [6, 6.07) is 20.4. The summed E-state index contributed by atoms with van der Waals surface area (Å²) in [5, 5.41) is 2.59. The minimum Gasteiger partial charge on any atom is -0.462 e. The van der Waals surface area contributed by atoms with Gasteiger partial charge in [-0.25, -0.2) is 9.69 Å². The van der Waals surface area contributed by atoms with Gasteiger partial charge < -0.3 is 15.0 Å². The van der Waals surface area contributed by atoms with Crippen LogP contribution in [0.1, 0.15) is 46.5 Å². The van der Waals surface area contributed by atoms with Crippen molar-refractivity contribution in [1.82, 2.24) is 0 Å². The van der Waals surface area contributed by atoms with E-state index in [1.165, 1.54) is 12.1 Å². The molecule has 1 aliphatic heterocycles. The molecule has 3 amide bonds. The highest BCUT2D eigenvalue weighted by atomic mass is 35.5. The third kappa shape index (κ3) is 5.71. The van der Waals surface area contributed by atoms with E-state index >= 15 is 0 Å². The summed E-state index contributed by atoms with van der Waals surface area (Å²) in [5.74, 6) is -2.28. The molecule has 39 heavy (non-hydrogen) atoms. The van der Waals surface area contributed by atoms with Gasteiger partial charge in [0.05, 0.1) is 17.9 Å². The first-order chi connectivity index (χ1) is 18.8. The van der Waals surface area contributed by atoms with Crippen molar-refractivity contribution in [1.29, 1.82) is 0 Å². The van der Waals surface area contributed by atoms with Crippen LogP contribution in [0, 0.1) is 6.92 Å². The Labute approximate surface area is 231 Å². The van der Waals surface area contributed by atoms with Crippen molar-refractivity contribution in [3.63, 3.8) is 0 Å². The predicted molar refractivity (Wildman–Crippen MR) is 151 cm³/mol. The van der Waals surface area contributed by atoms with Crippen molar-refractivity contribution in [3.05, 3.63) is 100 Å². The second kappa shape index (κ2) is 12.0. The number of imide groups is 1. The lowest BCUT2D eigenvalue weighted by atomic mass is 10.1. The molecule has 0 bridgehead atoms. The average molecular weight is 546 g/mol. The molecule has 9 heteroatoms. The maximum atomic E-state index is 13.3. The van der Waals surface area contributed by atoms with Gasteiger partial charge in [0, 0.05) is 23.5 Å². The van der Waals surface area contributed by atoms with E-state index in [9.17, 15) is 19.2 Å². The molecular weight excluding hydrogens is 518 g/mol. The van der Waals surface area contributed by atoms with Crippen LogP contribution in [-0.2, 0) is 14.3 Å².